The van der Waals surface area contributed by atoms with Crippen LogP contribution in [-0.2, 0) is 0 Å². The van der Waals surface area contributed by atoms with Crippen molar-refractivity contribution < 1.29 is 4.42 Å². The number of para-hydroxylation sites is 1. The fourth-order valence-corrected chi connectivity index (χ4v) is 2.59. The molecule has 0 saturated heterocycles. The zero-order valence-electron chi connectivity index (χ0n) is 10.6. The summed E-state index contributed by atoms with van der Waals surface area (Å²) in [5, 5.41) is 5.61. The van der Waals surface area contributed by atoms with E-state index in [1.807, 2.05) is 48.6 Å². The molecule has 0 aliphatic carbocycles. The Kier molecular flexibility index (Phi) is 2.12. The van der Waals surface area contributed by atoms with E-state index in [4.69, 9.17) is 4.42 Å². The van der Waals surface area contributed by atoms with Gasteiger partial charge >= 0.3 is 5.63 Å². The molecule has 0 bridgehead atoms. The number of benzene rings is 2. The molecule has 0 saturated carbocycles. The van der Waals surface area contributed by atoms with E-state index in [2.05, 4.69) is 11.9 Å². The molecule has 3 nitrogen and oxygen atoms in total. The van der Waals surface area contributed by atoms with E-state index >= 15 is 0 Å². The van der Waals surface area contributed by atoms with E-state index in [-0.39, 0.29) is 5.63 Å². The minimum absolute atomic E-state index is 0.316. The molecule has 3 aromatic rings. The maximum absolute atomic E-state index is 12.1. The van der Waals surface area contributed by atoms with Crippen LogP contribution in [-0.4, -0.2) is 0 Å². The highest BCUT2D eigenvalue weighted by Gasteiger charge is 2.12. The Morgan fingerprint density at radius 2 is 1.85 bits per heavy atom. The van der Waals surface area contributed by atoms with E-state index in [9.17, 15) is 4.79 Å². The van der Waals surface area contributed by atoms with Crippen LogP contribution < -0.4 is 10.9 Å². The van der Waals surface area contributed by atoms with Crippen molar-refractivity contribution in [2.24, 2.45) is 0 Å². The van der Waals surface area contributed by atoms with Crippen LogP contribution in [0.2, 0.25) is 0 Å². The smallest absolute Gasteiger partial charge is 0.344 e. The molecule has 0 radical (unpaired) electrons. The van der Waals surface area contributed by atoms with Crippen molar-refractivity contribution in [1.29, 1.82) is 0 Å². The van der Waals surface area contributed by atoms with Gasteiger partial charge in [-0.2, -0.15) is 0 Å². The van der Waals surface area contributed by atoms with Gasteiger partial charge in [0.05, 0.1) is 5.39 Å². The molecular weight excluding hydrogens is 250 g/mol. The van der Waals surface area contributed by atoms with Crippen molar-refractivity contribution in [2.75, 3.05) is 5.32 Å². The largest absolute Gasteiger partial charge is 0.422 e. The lowest BCUT2D eigenvalue weighted by Crippen LogP contribution is -2.05. The summed E-state index contributed by atoms with van der Waals surface area (Å²) in [6.45, 7) is 3.87. The minimum atomic E-state index is -0.316. The average molecular weight is 261 g/mol. The van der Waals surface area contributed by atoms with Gasteiger partial charge in [-0.15, -0.1) is 0 Å². The van der Waals surface area contributed by atoms with Gasteiger partial charge in [0.1, 0.15) is 5.58 Å². The number of rotatable bonds is 0. The third-order valence-electron chi connectivity index (χ3n) is 3.55. The fraction of sp³-hybridized carbons (Fsp3) is 0. The first-order chi connectivity index (χ1) is 9.72. The predicted octanol–water partition coefficient (Wildman–Crippen LogP) is 3.90. The highest BCUT2D eigenvalue weighted by atomic mass is 16.4. The maximum Gasteiger partial charge on any atom is 0.344 e. The lowest BCUT2D eigenvalue weighted by atomic mass is 10.0. The molecule has 0 fully saturated rings. The second-order valence-electron chi connectivity index (χ2n) is 4.85. The van der Waals surface area contributed by atoms with Gasteiger partial charge in [0.2, 0.25) is 0 Å². The van der Waals surface area contributed by atoms with Crippen molar-refractivity contribution in [3.8, 4) is 0 Å². The lowest BCUT2D eigenvalue weighted by Gasteiger charge is -2.16. The van der Waals surface area contributed by atoms with E-state index in [0.29, 0.717) is 11.0 Å². The molecular formula is C17H11NO2. The Labute approximate surface area is 114 Å². The summed E-state index contributed by atoms with van der Waals surface area (Å²) >= 11 is 0. The highest BCUT2D eigenvalue weighted by Crippen LogP contribution is 2.31. The summed E-state index contributed by atoms with van der Waals surface area (Å²) in [7, 11) is 0. The molecule has 0 unspecified atom stereocenters. The number of hydrogen-bond acceptors (Lipinski definition) is 3. The zero-order chi connectivity index (χ0) is 13.7. The van der Waals surface area contributed by atoms with E-state index in [1.165, 1.54) is 0 Å². The zero-order valence-corrected chi connectivity index (χ0v) is 10.6. The normalized spacial score (nSPS) is 13.5. The maximum atomic E-state index is 12.1. The van der Waals surface area contributed by atoms with Crippen molar-refractivity contribution in [3.63, 3.8) is 0 Å². The summed E-state index contributed by atoms with van der Waals surface area (Å²) in [6.07, 6.45) is 3.92. The number of allylic oxidation sites excluding steroid dienone is 1. The summed E-state index contributed by atoms with van der Waals surface area (Å²) in [6, 6.07) is 11.4. The molecule has 0 amide bonds. The van der Waals surface area contributed by atoms with Crippen LogP contribution in [0.4, 0.5) is 5.69 Å². The molecule has 1 aliphatic rings. The van der Waals surface area contributed by atoms with Gasteiger partial charge < -0.3 is 9.73 Å². The van der Waals surface area contributed by atoms with Crippen molar-refractivity contribution in [3.05, 3.63) is 70.7 Å². The molecule has 20 heavy (non-hydrogen) atoms. The lowest BCUT2D eigenvalue weighted by molar-refractivity contribution is 0.569. The van der Waals surface area contributed by atoms with E-state index < -0.39 is 0 Å². The highest BCUT2D eigenvalue weighted by molar-refractivity contribution is 6.06. The number of anilines is 1. The molecule has 1 aliphatic heterocycles. The Hall–Kier alpha value is -2.81. The van der Waals surface area contributed by atoms with E-state index in [1.54, 1.807) is 0 Å². The summed E-state index contributed by atoms with van der Waals surface area (Å²) in [4.78, 5) is 12.1. The van der Waals surface area contributed by atoms with Gasteiger partial charge in [0.15, 0.2) is 0 Å². The van der Waals surface area contributed by atoms with Gasteiger partial charge in [-0.1, -0.05) is 30.9 Å². The minimum Gasteiger partial charge on any atom is -0.422 e. The Morgan fingerprint density at radius 3 is 2.75 bits per heavy atom. The number of nitrogens with one attached hydrogen (secondary N) is 1. The molecule has 1 N–H and O–H groups in total. The van der Waals surface area contributed by atoms with Crippen molar-refractivity contribution >= 4 is 33.5 Å². The summed E-state index contributed by atoms with van der Waals surface area (Å²) < 4.78 is 5.37. The Morgan fingerprint density at radius 1 is 1.00 bits per heavy atom. The Bertz CT molecular complexity index is 964. The van der Waals surface area contributed by atoms with Gasteiger partial charge in [-0.25, -0.2) is 4.79 Å². The molecule has 96 valence electrons. The molecule has 2 aromatic carbocycles. The molecule has 0 spiro atoms. The van der Waals surface area contributed by atoms with Crippen LogP contribution in [0.3, 0.4) is 0 Å². The molecule has 4 rings (SSSR count). The monoisotopic (exact) mass is 261 g/mol. The van der Waals surface area contributed by atoms with E-state index in [0.717, 1.165) is 27.7 Å². The van der Waals surface area contributed by atoms with Gasteiger partial charge in [-0.3, -0.25) is 0 Å². The number of hydrogen-bond donors (Lipinski definition) is 1. The third kappa shape index (κ3) is 1.50. The topological polar surface area (TPSA) is 42.2 Å². The summed E-state index contributed by atoms with van der Waals surface area (Å²) in [5.41, 5.74) is 3.03. The quantitative estimate of drug-likeness (QED) is 0.493. The van der Waals surface area contributed by atoms with Crippen LogP contribution >= 0.6 is 0 Å². The standard InChI is InChI=1S/C17H11NO2/c1-10-6-7-11-8-13-12-4-2-3-5-16(12)20-17(19)14(13)9-15(11)18-10/h2-9,18H,1H2. The summed E-state index contributed by atoms with van der Waals surface area (Å²) in [5.74, 6) is 0. The fourth-order valence-electron chi connectivity index (χ4n) is 2.59. The van der Waals surface area contributed by atoms with Crippen molar-refractivity contribution in [1.82, 2.24) is 0 Å². The first-order valence-corrected chi connectivity index (χ1v) is 6.36. The van der Waals surface area contributed by atoms with Gasteiger partial charge in [0.25, 0.3) is 0 Å². The molecule has 0 atom stereocenters. The molecule has 1 aromatic heterocycles. The van der Waals surface area contributed by atoms with Crippen LogP contribution in [0.5, 0.6) is 0 Å². The third-order valence-corrected chi connectivity index (χ3v) is 3.55. The Balaban J connectivity index is 2.19. The van der Waals surface area contributed by atoms with Crippen LogP contribution in [0, 0.1) is 0 Å². The first kappa shape index (κ1) is 11.1. The first-order valence-electron chi connectivity index (χ1n) is 6.36. The molecule has 2 heterocycles. The van der Waals surface area contributed by atoms with Crippen molar-refractivity contribution in [2.45, 2.75) is 0 Å². The van der Waals surface area contributed by atoms with Crippen LogP contribution in [0.1, 0.15) is 5.56 Å². The van der Waals surface area contributed by atoms with Gasteiger partial charge in [-0.05, 0) is 29.8 Å². The average Bonchev–Trinajstić information content (AvgIpc) is 2.46. The van der Waals surface area contributed by atoms with Gasteiger partial charge in [0, 0.05) is 22.2 Å². The predicted molar refractivity (Wildman–Crippen MR) is 81.8 cm³/mol. The van der Waals surface area contributed by atoms with Crippen LogP contribution in [0.25, 0.3) is 27.8 Å². The molecule has 3 heteroatoms. The SMILES string of the molecule is C=C1C=Cc2cc3c(cc2N1)c(=O)oc1ccccc13. The second kappa shape index (κ2) is 3.84. The number of fused-ring (bicyclic) bond motifs is 4. The second-order valence-corrected chi connectivity index (χ2v) is 4.85. The van der Waals surface area contributed by atoms with Crippen LogP contribution in [0.15, 0.2) is 64.0 Å².